The normalized spacial score (nSPS) is 22.2. The fourth-order valence-corrected chi connectivity index (χ4v) is 3.42. The Morgan fingerprint density at radius 2 is 1.96 bits per heavy atom. The number of aliphatic hydroxyl groups excluding tert-OH is 1. The lowest BCUT2D eigenvalue weighted by Crippen LogP contribution is -2.43. The van der Waals surface area contributed by atoms with E-state index in [1.165, 1.54) is 11.6 Å². The Morgan fingerprint density at radius 3 is 2.74 bits per heavy atom. The van der Waals surface area contributed by atoms with Gasteiger partial charge in [-0.3, -0.25) is 4.90 Å². The van der Waals surface area contributed by atoms with Gasteiger partial charge in [-0.1, -0.05) is 48.0 Å². The fourth-order valence-electron chi connectivity index (χ4n) is 3.42. The predicted molar refractivity (Wildman–Crippen MR) is 90.7 cm³/mol. The maximum absolute atomic E-state index is 14.0. The first-order valence-corrected chi connectivity index (χ1v) is 8.31. The molecule has 0 aromatic heterocycles. The van der Waals surface area contributed by atoms with Gasteiger partial charge < -0.3 is 5.11 Å². The lowest BCUT2D eigenvalue weighted by Gasteiger charge is -2.36. The zero-order chi connectivity index (χ0) is 16.2. The number of aliphatic hydroxyl groups is 1. The van der Waals surface area contributed by atoms with Gasteiger partial charge in [-0.15, -0.1) is 0 Å². The maximum Gasteiger partial charge on any atom is 0.126 e. The molecule has 1 fully saturated rings. The topological polar surface area (TPSA) is 23.5 Å². The Balaban J connectivity index is 1.67. The quantitative estimate of drug-likeness (QED) is 0.933. The van der Waals surface area contributed by atoms with E-state index >= 15 is 0 Å². The first-order chi connectivity index (χ1) is 11.1. The monoisotopic (exact) mass is 313 g/mol. The summed E-state index contributed by atoms with van der Waals surface area (Å²) in [5.41, 5.74) is 3.06. The van der Waals surface area contributed by atoms with E-state index in [2.05, 4.69) is 17.0 Å². The summed E-state index contributed by atoms with van der Waals surface area (Å²) in [5.74, 6) is -0.0771. The molecule has 2 unspecified atom stereocenters. The van der Waals surface area contributed by atoms with Crippen LogP contribution >= 0.6 is 0 Å². The predicted octanol–water partition coefficient (Wildman–Crippen LogP) is 3.56. The van der Waals surface area contributed by atoms with Crippen molar-refractivity contribution < 1.29 is 9.50 Å². The van der Waals surface area contributed by atoms with Crippen LogP contribution in [0.2, 0.25) is 0 Å². The minimum atomic E-state index is -0.345. The Kier molecular flexibility index (Phi) is 5.09. The van der Waals surface area contributed by atoms with Crippen molar-refractivity contribution in [1.82, 2.24) is 4.90 Å². The van der Waals surface area contributed by atoms with Gasteiger partial charge in [-0.2, -0.15) is 0 Å². The number of piperidine rings is 1. The summed E-state index contributed by atoms with van der Waals surface area (Å²) in [6.45, 7) is 4.56. The fraction of sp³-hybridized carbons (Fsp3) is 0.400. The van der Waals surface area contributed by atoms with Crippen LogP contribution in [0.1, 0.15) is 23.1 Å². The Labute approximate surface area is 137 Å². The van der Waals surface area contributed by atoms with Crippen LogP contribution in [-0.2, 0) is 13.0 Å². The molecule has 2 aromatic carbocycles. The second-order valence-corrected chi connectivity index (χ2v) is 6.64. The summed E-state index contributed by atoms with van der Waals surface area (Å²) in [6, 6.07) is 15.6. The first kappa shape index (κ1) is 16.2. The van der Waals surface area contributed by atoms with E-state index in [1.807, 2.05) is 31.2 Å². The summed E-state index contributed by atoms with van der Waals surface area (Å²) < 4.78 is 14.0. The van der Waals surface area contributed by atoms with Crippen LogP contribution in [0.4, 0.5) is 4.39 Å². The van der Waals surface area contributed by atoms with Crippen LogP contribution in [0.3, 0.4) is 0 Å². The van der Waals surface area contributed by atoms with Crippen molar-refractivity contribution in [3.8, 4) is 0 Å². The number of benzene rings is 2. The van der Waals surface area contributed by atoms with Crippen molar-refractivity contribution >= 4 is 0 Å². The van der Waals surface area contributed by atoms with Gasteiger partial charge in [0.05, 0.1) is 6.10 Å². The average Bonchev–Trinajstić information content (AvgIpc) is 2.55. The standard InChI is InChI=1S/C20H24FNO/c1-15-7-8-19(21)17(11-15)12-18-14-22(10-9-20(18)23)13-16-5-3-2-4-6-16/h2-8,11,18,20,23H,9-10,12-14H2,1H3. The van der Waals surface area contributed by atoms with E-state index in [-0.39, 0.29) is 17.8 Å². The molecule has 1 N–H and O–H groups in total. The molecule has 2 nitrogen and oxygen atoms in total. The highest BCUT2D eigenvalue weighted by Gasteiger charge is 2.28. The van der Waals surface area contributed by atoms with Gasteiger partial charge in [0, 0.05) is 25.6 Å². The molecule has 1 saturated heterocycles. The molecule has 0 bridgehead atoms. The molecule has 2 aromatic rings. The van der Waals surface area contributed by atoms with Crippen molar-refractivity contribution in [1.29, 1.82) is 0 Å². The van der Waals surface area contributed by atoms with Gasteiger partial charge in [0.1, 0.15) is 5.82 Å². The second kappa shape index (κ2) is 7.24. The molecule has 2 atom stereocenters. The molecule has 3 heteroatoms. The number of rotatable bonds is 4. The van der Waals surface area contributed by atoms with Crippen LogP contribution in [0.15, 0.2) is 48.5 Å². The van der Waals surface area contributed by atoms with Crippen LogP contribution in [0, 0.1) is 18.7 Å². The highest BCUT2D eigenvalue weighted by atomic mass is 19.1. The Morgan fingerprint density at radius 1 is 1.17 bits per heavy atom. The molecule has 23 heavy (non-hydrogen) atoms. The lowest BCUT2D eigenvalue weighted by molar-refractivity contribution is 0.0236. The van der Waals surface area contributed by atoms with Gasteiger partial charge in [0.2, 0.25) is 0 Å². The summed E-state index contributed by atoms with van der Waals surface area (Å²) in [5, 5.41) is 10.3. The van der Waals surface area contributed by atoms with Crippen molar-refractivity contribution in [2.45, 2.75) is 32.4 Å². The third-order valence-electron chi connectivity index (χ3n) is 4.71. The highest BCUT2D eigenvalue weighted by molar-refractivity contribution is 5.25. The third kappa shape index (κ3) is 4.18. The van der Waals surface area contributed by atoms with E-state index in [1.54, 1.807) is 6.07 Å². The molecule has 0 spiro atoms. The van der Waals surface area contributed by atoms with E-state index < -0.39 is 0 Å². The van der Waals surface area contributed by atoms with E-state index in [0.717, 1.165) is 37.2 Å². The van der Waals surface area contributed by atoms with Crippen molar-refractivity contribution in [2.75, 3.05) is 13.1 Å². The average molecular weight is 313 g/mol. The smallest absolute Gasteiger partial charge is 0.126 e. The Hall–Kier alpha value is -1.71. The third-order valence-corrected chi connectivity index (χ3v) is 4.71. The second-order valence-electron chi connectivity index (χ2n) is 6.64. The van der Waals surface area contributed by atoms with Gasteiger partial charge in [-0.25, -0.2) is 4.39 Å². The maximum atomic E-state index is 14.0. The summed E-state index contributed by atoms with van der Waals surface area (Å²) in [6.07, 6.45) is 1.01. The zero-order valence-corrected chi connectivity index (χ0v) is 13.6. The van der Waals surface area contributed by atoms with E-state index in [0.29, 0.717) is 6.42 Å². The van der Waals surface area contributed by atoms with Gasteiger partial charge in [-0.05, 0) is 37.0 Å². The summed E-state index contributed by atoms with van der Waals surface area (Å²) >= 11 is 0. The number of hydrogen-bond donors (Lipinski definition) is 1. The molecular weight excluding hydrogens is 289 g/mol. The van der Waals surface area contributed by atoms with E-state index in [9.17, 15) is 9.50 Å². The highest BCUT2D eigenvalue weighted by Crippen LogP contribution is 2.24. The van der Waals surface area contributed by atoms with Gasteiger partial charge in [0.25, 0.3) is 0 Å². The molecular formula is C20H24FNO. The van der Waals surface area contributed by atoms with Gasteiger partial charge >= 0.3 is 0 Å². The molecule has 1 aliphatic heterocycles. The molecule has 122 valence electrons. The molecule has 0 saturated carbocycles. The number of hydrogen-bond acceptors (Lipinski definition) is 2. The number of halogens is 1. The van der Waals surface area contributed by atoms with Crippen molar-refractivity contribution in [3.63, 3.8) is 0 Å². The number of nitrogens with zero attached hydrogens (tertiary/aromatic N) is 1. The molecule has 0 amide bonds. The van der Waals surface area contributed by atoms with Crippen molar-refractivity contribution in [3.05, 3.63) is 71.0 Å². The molecule has 1 heterocycles. The van der Waals surface area contributed by atoms with Gasteiger partial charge in [0.15, 0.2) is 0 Å². The minimum absolute atomic E-state index is 0.0868. The largest absolute Gasteiger partial charge is 0.393 e. The van der Waals surface area contributed by atoms with Crippen LogP contribution in [-0.4, -0.2) is 29.2 Å². The van der Waals surface area contributed by atoms with Crippen LogP contribution in [0.5, 0.6) is 0 Å². The zero-order valence-electron chi connectivity index (χ0n) is 13.6. The first-order valence-electron chi connectivity index (χ1n) is 8.31. The number of aryl methyl sites for hydroxylation is 1. The summed E-state index contributed by atoms with van der Waals surface area (Å²) in [4.78, 5) is 2.36. The van der Waals surface area contributed by atoms with Crippen LogP contribution < -0.4 is 0 Å². The van der Waals surface area contributed by atoms with Crippen molar-refractivity contribution in [2.24, 2.45) is 5.92 Å². The Bertz CT molecular complexity index is 643. The minimum Gasteiger partial charge on any atom is -0.393 e. The molecule has 0 radical (unpaired) electrons. The molecule has 0 aliphatic carbocycles. The summed E-state index contributed by atoms with van der Waals surface area (Å²) in [7, 11) is 0. The molecule has 3 rings (SSSR count). The molecule has 1 aliphatic rings. The SMILES string of the molecule is Cc1ccc(F)c(CC2CN(Cc3ccccc3)CCC2O)c1. The van der Waals surface area contributed by atoms with Crippen LogP contribution in [0.25, 0.3) is 0 Å². The van der Waals surface area contributed by atoms with E-state index in [4.69, 9.17) is 0 Å². The lowest BCUT2D eigenvalue weighted by atomic mass is 9.88. The number of likely N-dealkylation sites (tertiary alicyclic amines) is 1.